The highest BCUT2D eigenvalue weighted by molar-refractivity contribution is 6.14. The van der Waals surface area contributed by atoms with Gasteiger partial charge in [0.05, 0.1) is 19.4 Å². The molecule has 2 heterocycles. The lowest BCUT2D eigenvalue weighted by atomic mass is 10.2. The standard InChI is InChI=1S/C17H23N3O3/c1-12-4-6-15(7-5-12)20-14(3)16(21)19(17(20)22)11-18-8-9-23-13(2)10-18/h4-7,13-14H,8-11H2,1-3H3. The highest BCUT2D eigenvalue weighted by Crippen LogP contribution is 2.26. The molecule has 3 amide bonds. The molecular formula is C17H23N3O3. The Kier molecular flexibility index (Phi) is 4.37. The molecule has 2 fully saturated rings. The second-order valence-electron chi connectivity index (χ2n) is 6.33. The summed E-state index contributed by atoms with van der Waals surface area (Å²) in [6.45, 7) is 8.21. The third-order valence-corrected chi connectivity index (χ3v) is 4.43. The number of carbonyl (C=O) groups is 2. The molecule has 0 N–H and O–H groups in total. The second-order valence-corrected chi connectivity index (χ2v) is 6.33. The lowest BCUT2D eigenvalue weighted by molar-refractivity contribution is -0.129. The van der Waals surface area contributed by atoms with Crippen LogP contribution >= 0.6 is 0 Å². The number of urea groups is 1. The lowest BCUT2D eigenvalue weighted by Gasteiger charge is -2.33. The number of amides is 3. The van der Waals surface area contributed by atoms with Crippen molar-refractivity contribution < 1.29 is 14.3 Å². The van der Waals surface area contributed by atoms with Gasteiger partial charge in [-0.2, -0.15) is 0 Å². The summed E-state index contributed by atoms with van der Waals surface area (Å²) in [5.41, 5.74) is 1.89. The van der Waals surface area contributed by atoms with Crippen molar-refractivity contribution in [1.82, 2.24) is 9.80 Å². The molecule has 0 spiro atoms. The Morgan fingerprint density at radius 1 is 1.17 bits per heavy atom. The van der Waals surface area contributed by atoms with Crippen LogP contribution in [-0.2, 0) is 9.53 Å². The van der Waals surface area contributed by atoms with Crippen molar-refractivity contribution >= 4 is 17.6 Å². The van der Waals surface area contributed by atoms with Crippen LogP contribution in [-0.4, -0.2) is 60.2 Å². The Morgan fingerprint density at radius 2 is 1.87 bits per heavy atom. The van der Waals surface area contributed by atoms with Crippen LogP contribution in [0.4, 0.5) is 10.5 Å². The van der Waals surface area contributed by atoms with Gasteiger partial charge in [0, 0.05) is 18.8 Å². The fraction of sp³-hybridized carbons (Fsp3) is 0.529. The Hall–Kier alpha value is -1.92. The average molecular weight is 317 g/mol. The summed E-state index contributed by atoms with van der Waals surface area (Å²) in [7, 11) is 0. The van der Waals surface area contributed by atoms with Gasteiger partial charge in [0.2, 0.25) is 0 Å². The molecule has 6 heteroatoms. The van der Waals surface area contributed by atoms with Crippen molar-refractivity contribution in [2.24, 2.45) is 0 Å². The number of benzene rings is 1. The molecule has 124 valence electrons. The summed E-state index contributed by atoms with van der Waals surface area (Å²) in [6, 6.07) is 6.96. The maximum Gasteiger partial charge on any atom is 0.333 e. The number of hydrogen-bond donors (Lipinski definition) is 0. The smallest absolute Gasteiger partial charge is 0.333 e. The number of nitrogens with zero attached hydrogens (tertiary/aromatic N) is 3. The molecule has 23 heavy (non-hydrogen) atoms. The van der Waals surface area contributed by atoms with Crippen LogP contribution in [0.1, 0.15) is 19.4 Å². The third-order valence-electron chi connectivity index (χ3n) is 4.43. The molecule has 1 aromatic rings. The molecule has 6 nitrogen and oxygen atoms in total. The van der Waals surface area contributed by atoms with E-state index in [-0.39, 0.29) is 18.0 Å². The maximum absolute atomic E-state index is 12.7. The van der Waals surface area contributed by atoms with Crippen LogP contribution < -0.4 is 4.90 Å². The van der Waals surface area contributed by atoms with Crippen LogP contribution in [0.15, 0.2) is 24.3 Å². The Balaban J connectivity index is 1.76. The molecule has 2 unspecified atom stereocenters. The quantitative estimate of drug-likeness (QED) is 0.798. The molecule has 1 aromatic carbocycles. The number of carbonyl (C=O) groups excluding carboxylic acids is 2. The minimum Gasteiger partial charge on any atom is -0.376 e. The highest BCUT2D eigenvalue weighted by Gasteiger charge is 2.44. The van der Waals surface area contributed by atoms with Gasteiger partial charge >= 0.3 is 6.03 Å². The molecule has 2 saturated heterocycles. The van der Waals surface area contributed by atoms with Gasteiger partial charge in [0.15, 0.2) is 0 Å². The number of anilines is 1. The molecule has 0 radical (unpaired) electrons. The minimum absolute atomic E-state index is 0.127. The third kappa shape index (κ3) is 3.09. The molecule has 2 aliphatic heterocycles. The molecular weight excluding hydrogens is 294 g/mol. The van der Waals surface area contributed by atoms with Gasteiger partial charge in [0.1, 0.15) is 6.04 Å². The molecule has 3 rings (SSSR count). The summed E-state index contributed by atoms with van der Waals surface area (Å²) >= 11 is 0. The van der Waals surface area contributed by atoms with Crippen LogP contribution in [0.2, 0.25) is 0 Å². The van der Waals surface area contributed by atoms with Gasteiger partial charge in [-0.25, -0.2) is 9.69 Å². The molecule has 2 atom stereocenters. The summed E-state index contributed by atoms with van der Waals surface area (Å²) in [6.07, 6.45) is 0.127. The van der Waals surface area contributed by atoms with Gasteiger partial charge in [-0.3, -0.25) is 14.6 Å². The van der Waals surface area contributed by atoms with E-state index in [1.54, 1.807) is 11.8 Å². The van der Waals surface area contributed by atoms with Crippen LogP contribution in [0, 0.1) is 6.92 Å². The van der Waals surface area contributed by atoms with Crippen molar-refractivity contribution in [3.8, 4) is 0 Å². The normalized spacial score (nSPS) is 26.2. The minimum atomic E-state index is -0.469. The van der Waals surface area contributed by atoms with Gasteiger partial charge in [-0.1, -0.05) is 17.7 Å². The first-order valence-corrected chi connectivity index (χ1v) is 8.02. The molecule has 0 aromatic heterocycles. The van der Waals surface area contributed by atoms with E-state index in [4.69, 9.17) is 4.74 Å². The molecule has 0 saturated carbocycles. The summed E-state index contributed by atoms with van der Waals surface area (Å²) in [5.74, 6) is -0.144. The SMILES string of the molecule is Cc1ccc(N2C(=O)N(CN3CCOC(C)C3)C(=O)C2C)cc1. The lowest BCUT2D eigenvalue weighted by Crippen LogP contribution is -2.48. The van der Waals surface area contributed by atoms with Gasteiger partial charge in [0.25, 0.3) is 5.91 Å². The summed E-state index contributed by atoms with van der Waals surface area (Å²) in [5, 5.41) is 0. The number of morpholine rings is 1. The summed E-state index contributed by atoms with van der Waals surface area (Å²) < 4.78 is 5.51. The fourth-order valence-electron chi connectivity index (χ4n) is 3.11. The monoisotopic (exact) mass is 317 g/mol. The molecule has 0 bridgehead atoms. The Labute approximate surface area is 136 Å². The topological polar surface area (TPSA) is 53.1 Å². The maximum atomic E-state index is 12.7. The van der Waals surface area contributed by atoms with E-state index >= 15 is 0 Å². The first kappa shape index (κ1) is 16.0. The number of hydrogen-bond acceptors (Lipinski definition) is 4. The van der Waals surface area contributed by atoms with Crippen molar-refractivity contribution in [3.63, 3.8) is 0 Å². The zero-order chi connectivity index (χ0) is 16.6. The highest BCUT2D eigenvalue weighted by atomic mass is 16.5. The number of aryl methyl sites for hydroxylation is 1. The molecule has 2 aliphatic rings. The zero-order valence-corrected chi connectivity index (χ0v) is 13.9. The van der Waals surface area contributed by atoms with E-state index < -0.39 is 6.04 Å². The van der Waals surface area contributed by atoms with Gasteiger partial charge < -0.3 is 4.74 Å². The Morgan fingerprint density at radius 3 is 2.52 bits per heavy atom. The van der Waals surface area contributed by atoms with Gasteiger partial charge in [-0.05, 0) is 32.9 Å². The predicted molar refractivity (Wildman–Crippen MR) is 87.2 cm³/mol. The van der Waals surface area contributed by atoms with Crippen molar-refractivity contribution in [2.45, 2.75) is 32.9 Å². The van der Waals surface area contributed by atoms with E-state index in [9.17, 15) is 9.59 Å². The van der Waals surface area contributed by atoms with Crippen molar-refractivity contribution in [3.05, 3.63) is 29.8 Å². The predicted octanol–water partition coefficient (Wildman–Crippen LogP) is 1.83. The largest absolute Gasteiger partial charge is 0.376 e. The van der Waals surface area contributed by atoms with Gasteiger partial charge in [-0.15, -0.1) is 0 Å². The number of ether oxygens (including phenoxy) is 1. The Bertz CT molecular complexity index is 602. The van der Waals surface area contributed by atoms with Crippen LogP contribution in [0.25, 0.3) is 0 Å². The number of rotatable bonds is 3. The molecule has 0 aliphatic carbocycles. The first-order chi connectivity index (χ1) is 11.0. The van der Waals surface area contributed by atoms with E-state index in [1.165, 1.54) is 4.90 Å². The van der Waals surface area contributed by atoms with Crippen LogP contribution in [0.3, 0.4) is 0 Å². The number of imide groups is 1. The average Bonchev–Trinajstić information content (AvgIpc) is 2.73. The second kappa shape index (κ2) is 6.29. The van der Waals surface area contributed by atoms with E-state index in [0.717, 1.165) is 24.3 Å². The van der Waals surface area contributed by atoms with E-state index in [0.29, 0.717) is 13.3 Å². The van der Waals surface area contributed by atoms with E-state index in [1.807, 2.05) is 38.1 Å². The first-order valence-electron chi connectivity index (χ1n) is 8.02. The van der Waals surface area contributed by atoms with Crippen molar-refractivity contribution in [1.29, 1.82) is 0 Å². The van der Waals surface area contributed by atoms with Crippen LogP contribution in [0.5, 0.6) is 0 Å². The summed E-state index contributed by atoms with van der Waals surface area (Å²) in [4.78, 5) is 30.3. The van der Waals surface area contributed by atoms with Crippen molar-refractivity contribution in [2.75, 3.05) is 31.3 Å². The fourth-order valence-corrected chi connectivity index (χ4v) is 3.11. The van der Waals surface area contributed by atoms with E-state index in [2.05, 4.69) is 4.90 Å². The zero-order valence-electron chi connectivity index (χ0n) is 13.9.